The average Bonchev–Trinajstić information content (AvgIpc) is 3.12. The van der Waals surface area contributed by atoms with E-state index in [4.69, 9.17) is 9.47 Å². The number of hydrogen-bond acceptors (Lipinski definition) is 6. The van der Waals surface area contributed by atoms with Crippen LogP contribution in [0.2, 0.25) is 0 Å². The van der Waals surface area contributed by atoms with Crippen LogP contribution in [0.1, 0.15) is 11.1 Å². The van der Waals surface area contributed by atoms with Crippen molar-refractivity contribution in [1.29, 1.82) is 0 Å². The van der Waals surface area contributed by atoms with E-state index in [1.807, 2.05) is 24.3 Å². The van der Waals surface area contributed by atoms with Crippen LogP contribution in [0.15, 0.2) is 76.8 Å². The van der Waals surface area contributed by atoms with Crippen molar-refractivity contribution in [2.24, 2.45) is 0 Å². The lowest BCUT2D eigenvalue weighted by Gasteiger charge is -2.14. The van der Waals surface area contributed by atoms with Gasteiger partial charge < -0.3 is 9.47 Å². The number of nitrogens with one attached hydrogen (secondary N) is 1. The number of amides is 2. The summed E-state index contributed by atoms with van der Waals surface area (Å²) in [6, 6.07) is 18.6. The summed E-state index contributed by atoms with van der Waals surface area (Å²) in [4.78, 5) is 36.5. The predicted octanol–water partition coefficient (Wildman–Crippen LogP) is 4.41. The molecule has 0 aromatic heterocycles. The second-order valence-corrected chi connectivity index (χ2v) is 8.13. The lowest BCUT2D eigenvalue weighted by molar-refractivity contribution is -0.386. The summed E-state index contributed by atoms with van der Waals surface area (Å²) in [6.07, 6.45) is 1.29. The van der Waals surface area contributed by atoms with Crippen LogP contribution >= 0.6 is 15.9 Å². The van der Waals surface area contributed by atoms with E-state index in [9.17, 15) is 19.7 Å². The van der Waals surface area contributed by atoms with Gasteiger partial charge in [-0.05, 0) is 47.5 Å². The van der Waals surface area contributed by atoms with E-state index in [-0.39, 0.29) is 34.9 Å². The zero-order valence-corrected chi connectivity index (χ0v) is 19.4. The average molecular weight is 524 g/mol. The molecular weight excluding hydrogens is 506 g/mol. The highest BCUT2D eigenvalue weighted by molar-refractivity contribution is 9.10. The van der Waals surface area contributed by atoms with E-state index in [1.54, 1.807) is 30.3 Å². The van der Waals surface area contributed by atoms with E-state index in [0.29, 0.717) is 5.69 Å². The Balaban J connectivity index is 1.66. The Morgan fingerprint density at radius 2 is 1.79 bits per heavy atom. The van der Waals surface area contributed by atoms with Crippen molar-refractivity contribution in [1.82, 2.24) is 5.43 Å². The third-order valence-electron chi connectivity index (χ3n) is 4.99. The SMILES string of the molecule is COc1cc(/C=C2/C(=O)NN(c3ccccc3)C2=O)cc([N+](=O)[O-])c1OCc1ccc(Br)cc1. The second kappa shape index (κ2) is 9.75. The van der Waals surface area contributed by atoms with Gasteiger partial charge in [-0.2, -0.15) is 0 Å². The Hall–Kier alpha value is -4.18. The van der Waals surface area contributed by atoms with Crippen molar-refractivity contribution >= 4 is 45.2 Å². The molecule has 1 fully saturated rings. The van der Waals surface area contributed by atoms with Crippen molar-refractivity contribution in [3.8, 4) is 11.5 Å². The van der Waals surface area contributed by atoms with E-state index in [2.05, 4.69) is 21.4 Å². The molecule has 0 spiro atoms. The van der Waals surface area contributed by atoms with Crippen LogP contribution in [0.3, 0.4) is 0 Å². The molecule has 2 amide bonds. The summed E-state index contributed by atoms with van der Waals surface area (Å²) >= 11 is 3.35. The largest absolute Gasteiger partial charge is 0.493 e. The summed E-state index contributed by atoms with van der Waals surface area (Å²) in [5, 5.41) is 12.9. The Kier molecular flexibility index (Phi) is 6.60. The van der Waals surface area contributed by atoms with Crippen LogP contribution < -0.4 is 19.9 Å². The molecule has 9 nitrogen and oxygen atoms in total. The number of nitrogens with zero attached hydrogens (tertiary/aromatic N) is 2. The topological polar surface area (TPSA) is 111 Å². The number of carbonyl (C=O) groups excluding carboxylic acids is 2. The number of rotatable bonds is 7. The number of benzene rings is 3. The minimum absolute atomic E-state index is 0.0503. The summed E-state index contributed by atoms with van der Waals surface area (Å²) in [7, 11) is 1.35. The maximum absolute atomic E-state index is 12.8. The van der Waals surface area contributed by atoms with Gasteiger partial charge in [0.1, 0.15) is 12.2 Å². The number of carbonyl (C=O) groups is 2. The van der Waals surface area contributed by atoms with Gasteiger partial charge >= 0.3 is 5.69 Å². The molecule has 1 heterocycles. The van der Waals surface area contributed by atoms with Gasteiger partial charge in [-0.25, -0.2) is 5.01 Å². The third kappa shape index (κ3) is 4.76. The number of hydrazine groups is 1. The number of nitro benzene ring substituents is 1. The summed E-state index contributed by atoms with van der Waals surface area (Å²) in [5.74, 6) is -1.14. The summed E-state index contributed by atoms with van der Waals surface area (Å²) < 4.78 is 12.0. The fourth-order valence-electron chi connectivity index (χ4n) is 3.34. The Bertz CT molecular complexity index is 1290. The molecule has 0 unspecified atom stereocenters. The van der Waals surface area contributed by atoms with Crippen molar-refractivity contribution in [2.75, 3.05) is 12.1 Å². The maximum Gasteiger partial charge on any atom is 0.315 e. The molecule has 34 heavy (non-hydrogen) atoms. The first kappa shape index (κ1) is 23.0. The van der Waals surface area contributed by atoms with Crippen molar-refractivity contribution in [3.05, 3.63) is 98.0 Å². The van der Waals surface area contributed by atoms with Crippen LogP contribution in [0.25, 0.3) is 6.08 Å². The Morgan fingerprint density at radius 3 is 2.44 bits per heavy atom. The molecular formula is C24H18BrN3O6. The van der Waals surface area contributed by atoms with Gasteiger partial charge in [-0.1, -0.05) is 46.3 Å². The number of ether oxygens (including phenoxy) is 2. The molecule has 0 atom stereocenters. The zero-order valence-electron chi connectivity index (χ0n) is 17.9. The molecule has 0 radical (unpaired) electrons. The van der Waals surface area contributed by atoms with Gasteiger partial charge in [0.05, 0.1) is 17.7 Å². The van der Waals surface area contributed by atoms with Crippen LogP contribution in [0, 0.1) is 10.1 Å². The zero-order chi connectivity index (χ0) is 24.2. The third-order valence-corrected chi connectivity index (χ3v) is 5.52. The van der Waals surface area contributed by atoms with Gasteiger partial charge in [-0.3, -0.25) is 25.1 Å². The van der Waals surface area contributed by atoms with Crippen molar-refractivity contribution in [3.63, 3.8) is 0 Å². The first-order chi connectivity index (χ1) is 16.4. The molecule has 3 aromatic rings. The van der Waals surface area contributed by atoms with Crippen LogP contribution in [0.5, 0.6) is 11.5 Å². The minimum Gasteiger partial charge on any atom is -0.493 e. The second-order valence-electron chi connectivity index (χ2n) is 7.22. The highest BCUT2D eigenvalue weighted by atomic mass is 79.9. The standard InChI is InChI=1S/C24H18BrN3O6/c1-33-21-13-16(11-19-23(29)26-27(24(19)30)18-5-3-2-4-6-18)12-20(28(31)32)22(21)34-14-15-7-9-17(25)10-8-15/h2-13H,14H2,1H3,(H,26,29)/b19-11-. The predicted molar refractivity (Wildman–Crippen MR) is 128 cm³/mol. The number of para-hydroxylation sites is 1. The monoisotopic (exact) mass is 523 g/mol. The summed E-state index contributed by atoms with van der Waals surface area (Å²) in [5.41, 5.74) is 3.52. The fraction of sp³-hybridized carbons (Fsp3) is 0.0833. The van der Waals surface area contributed by atoms with E-state index in [0.717, 1.165) is 15.0 Å². The molecule has 0 aliphatic carbocycles. The number of anilines is 1. The molecule has 1 N–H and O–H groups in total. The first-order valence-corrected chi connectivity index (χ1v) is 10.8. The number of methoxy groups -OCH3 is 1. The fourth-order valence-corrected chi connectivity index (χ4v) is 3.61. The first-order valence-electron chi connectivity index (χ1n) is 10.0. The molecule has 0 saturated carbocycles. The number of nitro groups is 1. The molecule has 10 heteroatoms. The summed E-state index contributed by atoms with van der Waals surface area (Å²) in [6.45, 7) is 0.0812. The van der Waals surface area contributed by atoms with E-state index < -0.39 is 16.7 Å². The van der Waals surface area contributed by atoms with E-state index >= 15 is 0 Å². The maximum atomic E-state index is 12.8. The van der Waals surface area contributed by atoms with Crippen molar-refractivity contribution in [2.45, 2.75) is 6.61 Å². The quantitative estimate of drug-likeness (QED) is 0.212. The van der Waals surface area contributed by atoms with Gasteiger partial charge in [0.25, 0.3) is 11.8 Å². The van der Waals surface area contributed by atoms with Gasteiger partial charge in [0.15, 0.2) is 5.75 Å². The molecule has 1 saturated heterocycles. The van der Waals surface area contributed by atoms with E-state index in [1.165, 1.54) is 25.3 Å². The lowest BCUT2D eigenvalue weighted by Crippen LogP contribution is -2.35. The molecule has 1 aliphatic heterocycles. The highest BCUT2D eigenvalue weighted by Crippen LogP contribution is 2.39. The lowest BCUT2D eigenvalue weighted by atomic mass is 10.1. The molecule has 4 rings (SSSR count). The Labute approximate surface area is 202 Å². The minimum atomic E-state index is -0.619. The van der Waals surface area contributed by atoms with Gasteiger partial charge in [0, 0.05) is 10.5 Å². The van der Waals surface area contributed by atoms with Crippen LogP contribution in [-0.4, -0.2) is 23.8 Å². The number of hydrogen-bond donors (Lipinski definition) is 1. The molecule has 0 bridgehead atoms. The normalized spacial score (nSPS) is 14.3. The van der Waals surface area contributed by atoms with Gasteiger partial charge in [0.2, 0.25) is 5.75 Å². The smallest absolute Gasteiger partial charge is 0.315 e. The molecule has 3 aromatic carbocycles. The highest BCUT2D eigenvalue weighted by Gasteiger charge is 2.34. The molecule has 172 valence electrons. The number of halogens is 1. The van der Waals surface area contributed by atoms with Gasteiger partial charge in [-0.15, -0.1) is 0 Å². The van der Waals surface area contributed by atoms with Crippen molar-refractivity contribution < 1.29 is 24.0 Å². The van der Waals surface area contributed by atoms with Crippen LogP contribution in [-0.2, 0) is 16.2 Å². The molecule has 1 aliphatic rings. The van der Waals surface area contributed by atoms with Crippen LogP contribution in [0.4, 0.5) is 11.4 Å². The Morgan fingerprint density at radius 1 is 1.09 bits per heavy atom.